The Morgan fingerprint density at radius 2 is 1.89 bits per heavy atom. The maximum Gasteiger partial charge on any atom is 0.387 e. The van der Waals surface area contributed by atoms with Crippen LogP contribution in [0.25, 0.3) is 10.9 Å². The highest BCUT2D eigenvalue weighted by Gasteiger charge is 2.11. The second-order valence-electron chi connectivity index (χ2n) is 5.60. The zero-order chi connectivity index (χ0) is 19.6. The highest BCUT2D eigenvalue weighted by Crippen LogP contribution is 2.19. The Kier molecular flexibility index (Phi) is 5.02. The molecule has 140 valence electrons. The van der Waals surface area contributed by atoms with E-state index < -0.39 is 23.8 Å². The van der Waals surface area contributed by atoms with Crippen LogP contribution in [-0.2, 0) is 6.54 Å². The number of carbonyl (C=O) groups is 1. The third-order valence-corrected chi connectivity index (χ3v) is 3.90. The molecule has 0 saturated heterocycles. The lowest BCUT2D eigenvalue weighted by atomic mass is 10.1. The average molecular weight is 375 g/mol. The number of amides is 1. The Morgan fingerprint density at radius 3 is 2.52 bits per heavy atom. The predicted octanol–water partition coefficient (Wildman–Crippen LogP) is 2.56. The Balaban J connectivity index is 1.85. The van der Waals surface area contributed by atoms with E-state index in [0.29, 0.717) is 11.1 Å². The second kappa shape index (κ2) is 7.40. The molecule has 0 bridgehead atoms. The van der Waals surface area contributed by atoms with Crippen LogP contribution in [0.4, 0.5) is 14.5 Å². The molecule has 0 atom stereocenters. The molecule has 0 fully saturated rings. The molecule has 0 radical (unpaired) electrons. The minimum atomic E-state index is -2.93. The van der Waals surface area contributed by atoms with Crippen LogP contribution in [0.2, 0.25) is 0 Å². The number of rotatable bonds is 5. The van der Waals surface area contributed by atoms with Crippen molar-refractivity contribution in [2.24, 2.45) is 0 Å². The first-order chi connectivity index (χ1) is 12.9. The van der Waals surface area contributed by atoms with E-state index in [1.54, 1.807) is 6.92 Å². The van der Waals surface area contributed by atoms with Gasteiger partial charge in [-0.1, -0.05) is 0 Å². The fourth-order valence-corrected chi connectivity index (χ4v) is 2.61. The van der Waals surface area contributed by atoms with Gasteiger partial charge in [0.2, 0.25) is 0 Å². The number of carbonyl (C=O) groups excluding carboxylic acids is 1. The van der Waals surface area contributed by atoms with E-state index in [9.17, 15) is 23.2 Å². The van der Waals surface area contributed by atoms with E-state index in [4.69, 9.17) is 0 Å². The van der Waals surface area contributed by atoms with E-state index in [0.717, 1.165) is 4.57 Å². The molecule has 7 nitrogen and oxygen atoms in total. The Labute approximate surface area is 151 Å². The molecule has 27 heavy (non-hydrogen) atoms. The minimum Gasteiger partial charge on any atom is -0.435 e. The Bertz CT molecular complexity index is 1100. The van der Waals surface area contributed by atoms with Crippen molar-refractivity contribution < 1.29 is 18.3 Å². The number of alkyl halides is 2. The standard InChI is InChI=1S/C18H15F2N3O4/c1-2-23-16(25)13-8-3-10(9-14(13)22-18(23)26)15(24)21-11-4-6-12(7-5-11)27-17(19)20/h3-9,17H,2H2,1H3,(H,21,24)(H,22,26). The van der Waals surface area contributed by atoms with Crippen molar-refractivity contribution in [2.45, 2.75) is 20.1 Å². The third kappa shape index (κ3) is 3.86. The molecule has 2 aromatic carbocycles. The Hall–Kier alpha value is -3.49. The van der Waals surface area contributed by atoms with Crippen LogP contribution in [0.1, 0.15) is 17.3 Å². The molecule has 3 aromatic rings. The number of fused-ring (bicyclic) bond motifs is 1. The number of aromatic amines is 1. The highest BCUT2D eigenvalue weighted by atomic mass is 19.3. The maximum atomic E-state index is 12.4. The van der Waals surface area contributed by atoms with E-state index in [1.165, 1.54) is 42.5 Å². The fourth-order valence-electron chi connectivity index (χ4n) is 2.61. The number of nitrogens with zero attached hydrogens (tertiary/aromatic N) is 1. The molecule has 0 saturated carbocycles. The average Bonchev–Trinajstić information content (AvgIpc) is 2.62. The van der Waals surface area contributed by atoms with Gasteiger partial charge in [-0.15, -0.1) is 0 Å². The van der Waals surface area contributed by atoms with Crippen LogP contribution in [0.15, 0.2) is 52.1 Å². The van der Waals surface area contributed by atoms with E-state index in [2.05, 4.69) is 15.0 Å². The van der Waals surface area contributed by atoms with Crippen LogP contribution < -0.4 is 21.3 Å². The first kappa shape index (κ1) is 18.3. The molecule has 9 heteroatoms. The van der Waals surface area contributed by atoms with Crippen LogP contribution in [-0.4, -0.2) is 22.1 Å². The topological polar surface area (TPSA) is 93.2 Å². The molecule has 1 heterocycles. The number of hydrogen-bond donors (Lipinski definition) is 2. The smallest absolute Gasteiger partial charge is 0.387 e. The third-order valence-electron chi connectivity index (χ3n) is 3.90. The Morgan fingerprint density at radius 1 is 1.19 bits per heavy atom. The normalized spacial score (nSPS) is 11.0. The summed E-state index contributed by atoms with van der Waals surface area (Å²) in [5.41, 5.74) is -0.139. The first-order valence-electron chi connectivity index (χ1n) is 8.02. The lowest BCUT2D eigenvalue weighted by Gasteiger charge is -2.09. The molecule has 3 rings (SSSR count). The highest BCUT2D eigenvalue weighted by molar-refractivity contribution is 6.06. The second-order valence-corrected chi connectivity index (χ2v) is 5.60. The van der Waals surface area contributed by atoms with Gasteiger partial charge in [0.05, 0.1) is 10.9 Å². The molecule has 0 spiro atoms. The van der Waals surface area contributed by atoms with Gasteiger partial charge in [0.25, 0.3) is 11.5 Å². The molecule has 0 unspecified atom stereocenters. The largest absolute Gasteiger partial charge is 0.435 e. The van der Waals surface area contributed by atoms with Crippen LogP contribution in [0.3, 0.4) is 0 Å². The van der Waals surface area contributed by atoms with Crippen molar-refractivity contribution >= 4 is 22.5 Å². The molecule has 1 aromatic heterocycles. The summed E-state index contributed by atoms with van der Waals surface area (Å²) in [7, 11) is 0. The summed E-state index contributed by atoms with van der Waals surface area (Å²) in [6.07, 6.45) is 0. The zero-order valence-electron chi connectivity index (χ0n) is 14.2. The van der Waals surface area contributed by atoms with Gasteiger partial charge in [-0.05, 0) is 49.4 Å². The quantitative estimate of drug-likeness (QED) is 0.717. The lowest BCUT2D eigenvalue weighted by molar-refractivity contribution is -0.0498. The molecule has 1 amide bonds. The zero-order valence-corrected chi connectivity index (χ0v) is 14.2. The number of anilines is 1. The number of ether oxygens (including phenoxy) is 1. The van der Waals surface area contributed by atoms with Crippen molar-refractivity contribution in [1.82, 2.24) is 9.55 Å². The SMILES string of the molecule is CCn1c(=O)[nH]c2cc(C(=O)Nc3ccc(OC(F)F)cc3)ccc2c1=O. The van der Waals surface area contributed by atoms with Gasteiger partial charge in [0, 0.05) is 17.8 Å². The van der Waals surface area contributed by atoms with Crippen LogP contribution in [0.5, 0.6) is 5.75 Å². The van der Waals surface area contributed by atoms with Gasteiger partial charge in [-0.25, -0.2) is 4.79 Å². The summed E-state index contributed by atoms with van der Waals surface area (Å²) in [4.78, 5) is 39.1. The number of benzene rings is 2. The molecular formula is C18H15F2N3O4. The summed E-state index contributed by atoms with van der Waals surface area (Å²) in [6.45, 7) is -1.01. The molecular weight excluding hydrogens is 360 g/mol. The van der Waals surface area contributed by atoms with E-state index in [-0.39, 0.29) is 23.4 Å². The number of aromatic nitrogens is 2. The summed E-state index contributed by atoms with van der Waals surface area (Å²) < 4.78 is 29.6. The number of hydrogen-bond acceptors (Lipinski definition) is 4. The lowest BCUT2D eigenvalue weighted by Crippen LogP contribution is -2.34. The summed E-state index contributed by atoms with van der Waals surface area (Å²) in [6, 6.07) is 9.76. The molecule has 0 aliphatic heterocycles. The number of nitrogens with one attached hydrogen (secondary N) is 2. The number of halogens is 2. The van der Waals surface area contributed by atoms with E-state index >= 15 is 0 Å². The van der Waals surface area contributed by atoms with Crippen molar-refractivity contribution in [2.75, 3.05) is 5.32 Å². The molecule has 0 aliphatic carbocycles. The van der Waals surface area contributed by atoms with Gasteiger partial charge < -0.3 is 15.0 Å². The maximum absolute atomic E-state index is 12.4. The van der Waals surface area contributed by atoms with Crippen molar-refractivity contribution in [3.8, 4) is 5.75 Å². The van der Waals surface area contributed by atoms with E-state index in [1.807, 2.05) is 0 Å². The van der Waals surface area contributed by atoms with Crippen molar-refractivity contribution in [1.29, 1.82) is 0 Å². The monoisotopic (exact) mass is 375 g/mol. The minimum absolute atomic E-state index is 0.0292. The van der Waals surface area contributed by atoms with Gasteiger partial charge in [-0.3, -0.25) is 14.2 Å². The van der Waals surface area contributed by atoms with Gasteiger partial charge in [0.15, 0.2) is 0 Å². The summed E-state index contributed by atoms with van der Waals surface area (Å²) in [5, 5.41) is 2.89. The van der Waals surface area contributed by atoms with Crippen molar-refractivity contribution in [3.05, 3.63) is 68.9 Å². The predicted molar refractivity (Wildman–Crippen MR) is 95.5 cm³/mol. The van der Waals surface area contributed by atoms with Crippen molar-refractivity contribution in [3.63, 3.8) is 0 Å². The molecule has 0 aliphatic rings. The fraction of sp³-hybridized carbons (Fsp3) is 0.167. The van der Waals surface area contributed by atoms with Gasteiger partial charge in [0.1, 0.15) is 5.75 Å². The molecule has 2 N–H and O–H groups in total. The summed E-state index contributed by atoms with van der Waals surface area (Å²) >= 11 is 0. The van der Waals surface area contributed by atoms with Gasteiger partial charge in [-0.2, -0.15) is 8.78 Å². The van der Waals surface area contributed by atoms with Crippen LogP contribution in [0, 0.1) is 0 Å². The van der Waals surface area contributed by atoms with Gasteiger partial charge >= 0.3 is 12.3 Å². The first-order valence-corrected chi connectivity index (χ1v) is 8.02. The van der Waals surface area contributed by atoms with Crippen LogP contribution >= 0.6 is 0 Å². The number of H-pyrrole nitrogens is 1. The summed E-state index contributed by atoms with van der Waals surface area (Å²) in [5.74, 6) is -0.515.